The molecule has 0 aromatic heterocycles. The molecule has 1 heterocycles. The van der Waals surface area contributed by atoms with Gasteiger partial charge in [-0.3, -0.25) is 18.6 Å². The largest absolute Gasteiger partial charge is 0.457 e. The van der Waals surface area contributed by atoms with Crippen molar-refractivity contribution >= 4 is 28.0 Å². The van der Waals surface area contributed by atoms with Gasteiger partial charge < -0.3 is 24.3 Å². The van der Waals surface area contributed by atoms with E-state index in [1.807, 2.05) is 6.92 Å². The van der Waals surface area contributed by atoms with Gasteiger partial charge in [-0.05, 0) is 31.2 Å². The van der Waals surface area contributed by atoms with E-state index in [0.717, 1.165) is 19.4 Å². The third-order valence-electron chi connectivity index (χ3n) is 5.52. The number of methoxy groups -OCH3 is 1. The van der Waals surface area contributed by atoms with Gasteiger partial charge in [-0.1, -0.05) is 35.9 Å². The highest BCUT2D eigenvalue weighted by Crippen LogP contribution is 2.28. The van der Waals surface area contributed by atoms with E-state index in [1.54, 1.807) is 42.5 Å². The molecule has 1 saturated heterocycles. The fourth-order valence-electron chi connectivity index (χ4n) is 3.82. The summed E-state index contributed by atoms with van der Waals surface area (Å²) in [6.07, 6.45) is -4.99. The molecule has 0 aliphatic carbocycles. The minimum absolute atomic E-state index is 0.0760. The van der Waals surface area contributed by atoms with Crippen LogP contribution in [0.4, 0.5) is 0 Å². The number of esters is 2. The predicted molar refractivity (Wildman–Crippen MR) is 129 cm³/mol. The maximum absolute atomic E-state index is 13.0. The second kappa shape index (κ2) is 12.3. The predicted octanol–water partition coefficient (Wildman–Crippen LogP) is 1.73. The molecule has 1 aliphatic rings. The van der Waals surface area contributed by atoms with Crippen LogP contribution in [0.3, 0.4) is 0 Å². The van der Waals surface area contributed by atoms with Crippen LogP contribution in [0.1, 0.15) is 29.8 Å². The minimum Gasteiger partial charge on any atom is -0.457 e. The Labute approximate surface area is 215 Å². The van der Waals surface area contributed by atoms with Crippen molar-refractivity contribution in [3.8, 4) is 0 Å². The third-order valence-corrected chi connectivity index (χ3v) is 6.81. The molecule has 12 heteroatoms. The summed E-state index contributed by atoms with van der Waals surface area (Å²) in [5.74, 6) is -1.99. The number of aryl methyl sites for hydroxylation is 1. The van der Waals surface area contributed by atoms with Crippen LogP contribution in [0, 0.1) is 6.92 Å². The van der Waals surface area contributed by atoms with Crippen LogP contribution in [0.15, 0.2) is 59.5 Å². The van der Waals surface area contributed by atoms with Crippen LogP contribution in [0.2, 0.25) is 0 Å². The van der Waals surface area contributed by atoms with Crippen molar-refractivity contribution in [3.63, 3.8) is 0 Å². The van der Waals surface area contributed by atoms with Gasteiger partial charge in [0, 0.05) is 26.5 Å². The number of rotatable bonds is 9. The van der Waals surface area contributed by atoms with E-state index in [-0.39, 0.29) is 4.90 Å². The first-order valence-electron chi connectivity index (χ1n) is 11.4. The molecule has 0 saturated carbocycles. The van der Waals surface area contributed by atoms with Gasteiger partial charge >= 0.3 is 11.9 Å². The summed E-state index contributed by atoms with van der Waals surface area (Å²) in [7, 11) is -2.92. The first-order valence-corrected chi connectivity index (χ1v) is 12.8. The van der Waals surface area contributed by atoms with Crippen LogP contribution in [-0.4, -0.2) is 70.6 Å². The zero-order chi connectivity index (χ0) is 27.2. The molecule has 0 spiro atoms. The van der Waals surface area contributed by atoms with Gasteiger partial charge in [0.1, 0.15) is 12.1 Å². The molecule has 5 atom stereocenters. The fourth-order valence-corrected chi connectivity index (χ4v) is 4.74. The van der Waals surface area contributed by atoms with Crippen molar-refractivity contribution in [1.82, 2.24) is 5.32 Å². The maximum Gasteiger partial charge on any atom is 0.303 e. The molecule has 1 amide bonds. The highest BCUT2D eigenvalue weighted by molar-refractivity contribution is 7.86. The Kier molecular flexibility index (Phi) is 9.38. The average Bonchev–Trinajstić information content (AvgIpc) is 2.85. The van der Waals surface area contributed by atoms with E-state index in [1.165, 1.54) is 19.2 Å². The number of hydrogen-bond acceptors (Lipinski definition) is 10. The Morgan fingerprint density at radius 2 is 1.51 bits per heavy atom. The summed E-state index contributed by atoms with van der Waals surface area (Å²) in [5.41, 5.74) is 1.15. The molecule has 0 bridgehead atoms. The van der Waals surface area contributed by atoms with Gasteiger partial charge in [-0.2, -0.15) is 8.42 Å². The Balaban J connectivity index is 1.93. The lowest BCUT2D eigenvalue weighted by molar-refractivity contribution is -0.276. The Bertz CT molecular complexity index is 1200. The van der Waals surface area contributed by atoms with Gasteiger partial charge in [-0.15, -0.1) is 0 Å². The summed E-state index contributed by atoms with van der Waals surface area (Å²) in [5, 5.41) is 2.72. The Morgan fingerprint density at radius 1 is 0.919 bits per heavy atom. The number of carbonyl (C=O) groups excluding carboxylic acids is 3. The second-order valence-electron chi connectivity index (χ2n) is 8.34. The lowest BCUT2D eigenvalue weighted by Gasteiger charge is -2.44. The fraction of sp³-hybridized carbons (Fsp3) is 0.400. The number of nitrogens with one attached hydrogen (secondary N) is 1. The minimum atomic E-state index is -4.20. The van der Waals surface area contributed by atoms with Crippen molar-refractivity contribution in [3.05, 3.63) is 65.7 Å². The number of hydrogen-bond donors (Lipinski definition) is 1. The monoisotopic (exact) mass is 535 g/mol. The summed E-state index contributed by atoms with van der Waals surface area (Å²) >= 11 is 0. The van der Waals surface area contributed by atoms with Gasteiger partial charge in [0.25, 0.3) is 16.0 Å². The van der Waals surface area contributed by atoms with Gasteiger partial charge in [0.2, 0.25) is 0 Å². The van der Waals surface area contributed by atoms with Crippen LogP contribution < -0.4 is 5.32 Å². The molecule has 1 aliphatic heterocycles. The number of amides is 1. The average molecular weight is 536 g/mol. The van der Waals surface area contributed by atoms with E-state index in [4.69, 9.17) is 23.1 Å². The molecule has 3 unspecified atom stereocenters. The van der Waals surface area contributed by atoms with Crippen LogP contribution in [-0.2, 0) is 42.8 Å². The first kappa shape index (κ1) is 28.3. The van der Waals surface area contributed by atoms with Crippen molar-refractivity contribution in [1.29, 1.82) is 0 Å². The van der Waals surface area contributed by atoms with Crippen molar-refractivity contribution < 1.29 is 45.9 Å². The van der Waals surface area contributed by atoms with E-state index in [0.29, 0.717) is 5.56 Å². The molecule has 2 aromatic carbocycles. The third kappa shape index (κ3) is 7.35. The Hall–Kier alpha value is -3.32. The maximum atomic E-state index is 13.0. The Morgan fingerprint density at radius 3 is 2.08 bits per heavy atom. The van der Waals surface area contributed by atoms with E-state index < -0.39 is 65.2 Å². The molecule has 0 radical (unpaired) electrons. The standard InChI is InChI=1S/C25H29NO10S/c1-15-10-12-19(13-11-15)37(30,31)33-14-20-22(34-16(2)27)21(23(35-17(3)28)25(32-4)36-20)26-24(29)18-8-6-5-7-9-18/h5-13,20-23,25H,14H2,1-4H3,(H,26,29)/t20?,21?,22-,23+,25?/m0/s1. The summed E-state index contributed by atoms with van der Waals surface area (Å²) < 4.78 is 52.7. The van der Waals surface area contributed by atoms with Crippen LogP contribution >= 0.6 is 0 Å². The number of ether oxygens (including phenoxy) is 4. The topological polar surface area (TPSA) is 144 Å². The van der Waals surface area contributed by atoms with Crippen LogP contribution in [0.25, 0.3) is 0 Å². The van der Waals surface area contributed by atoms with Crippen molar-refractivity contribution in [2.24, 2.45) is 0 Å². The van der Waals surface area contributed by atoms with E-state index >= 15 is 0 Å². The normalized spacial score (nSPS) is 23.6. The molecule has 37 heavy (non-hydrogen) atoms. The van der Waals surface area contributed by atoms with Gasteiger partial charge in [0.05, 0.1) is 11.5 Å². The van der Waals surface area contributed by atoms with E-state index in [2.05, 4.69) is 5.32 Å². The molecule has 3 rings (SSSR count). The van der Waals surface area contributed by atoms with Gasteiger partial charge in [-0.25, -0.2) is 0 Å². The number of benzene rings is 2. The summed E-state index contributed by atoms with van der Waals surface area (Å²) in [6.45, 7) is 3.52. The van der Waals surface area contributed by atoms with Crippen molar-refractivity contribution in [2.45, 2.75) is 56.3 Å². The molecule has 200 valence electrons. The lowest BCUT2D eigenvalue weighted by Crippen LogP contribution is -2.67. The zero-order valence-electron chi connectivity index (χ0n) is 20.8. The van der Waals surface area contributed by atoms with Crippen LogP contribution in [0.5, 0.6) is 0 Å². The smallest absolute Gasteiger partial charge is 0.303 e. The highest BCUT2D eigenvalue weighted by atomic mass is 32.2. The quantitative estimate of drug-likeness (QED) is 0.372. The summed E-state index contributed by atoms with van der Waals surface area (Å²) in [6, 6.07) is 13.1. The first-order chi connectivity index (χ1) is 17.5. The molecule has 2 aromatic rings. The molecule has 11 nitrogen and oxygen atoms in total. The molecular formula is C25H29NO10S. The van der Waals surface area contributed by atoms with Crippen molar-refractivity contribution in [2.75, 3.05) is 13.7 Å². The number of carbonyl (C=O) groups is 3. The molecular weight excluding hydrogens is 506 g/mol. The lowest BCUT2D eigenvalue weighted by atomic mass is 9.95. The second-order valence-corrected chi connectivity index (χ2v) is 9.96. The molecule has 1 fully saturated rings. The highest BCUT2D eigenvalue weighted by Gasteiger charge is 2.51. The summed E-state index contributed by atoms with van der Waals surface area (Å²) in [4.78, 5) is 36.8. The SMILES string of the molecule is COC1OC(COS(=O)(=O)c2ccc(C)cc2)[C@H](OC(C)=O)C(NC(=O)c2ccccc2)[C@H]1OC(C)=O. The molecule has 1 N–H and O–H groups in total. The van der Waals surface area contributed by atoms with E-state index in [9.17, 15) is 22.8 Å². The zero-order valence-corrected chi connectivity index (χ0v) is 21.6. The van der Waals surface area contributed by atoms with Gasteiger partial charge in [0.15, 0.2) is 18.5 Å².